The number of nitrogens with one attached hydrogen (secondary N) is 4. The first-order chi connectivity index (χ1) is 12.6. The maximum atomic E-state index is 7.94. The van der Waals surface area contributed by atoms with E-state index in [0.717, 1.165) is 29.7 Å². The number of fused-ring (bicyclic) bond motifs is 2. The van der Waals surface area contributed by atoms with Crippen molar-refractivity contribution in [1.29, 1.82) is 5.41 Å². The third kappa shape index (κ3) is 3.11. The lowest BCUT2D eigenvalue weighted by atomic mass is 10.1. The predicted molar refractivity (Wildman–Crippen MR) is 104 cm³/mol. The van der Waals surface area contributed by atoms with Gasteiger partial charge >= 0.3 is 0 Å². The first-order valence-corrected chi connectivity index (χ1v) is 8.59. The molecule has 7 heteroatoms. The summed E-state index contributed by atoms with van der Waals surface area (Å²) in [7, 11) is 0. The molecule has 7 nitrogen and oxygen atoms in total. The number of benzene rings is 1. The SMILES string of the molecule is C/C(N)=C/C(=N)Nc1nc(N[C@H]2CCc3ccccc32)c2cc[nH]c2n1. The molecule has 0 bridgehead atoms. The summed E-state index contributed by atoms with van der Waals surface area (Å²) in [5.41, 5.74) is 9.59. The molecular formula is C19H21N7. The second kappa shape index (κ2) is 6.51. The number of H-pyrrole nitrogens is 1. The second-order valence-corrected chi connectivity index (χ2v) is 6.50. The van der Waals surface area contributed by atoms with Crippen LogP contribution >= 0.6 is 0 Å². The number of aryl methyl sites for hydroxylation is 1. The Morgan fingerprint density at radius 3 is 3.00 bits per heavy atom. The number of amidine groups is 1. The molecule has 1 aliphatic carbocycles. The van der Waals surface area contributed by atoms with Crippen molar-refractivity contribution in [3.63, 3.8) is 0 Å². The molecule has 1 aliphatic rings. The Hall–Kier alpha value is -3.35. The zero-order valence-electron chi connectivity index (χ0n) is 14.5. The molecule has 3 aromatic rings. The Morgan fingerprint density at radius 1 is 1.31 bits per heavy atom. The Bertz CT molecular complexity index is 998. The van der Waals surface area contributed by atoms with Crippen molar-refractivity contribution >= 4 is 28.6 Å². The van der Waals surface area contributed by atoms with E-state index < -0.39 is 0 Å². The van der Waals surface area contributed by atoms with Gasteiger partial charge in [0.15, 0.2) is 0 Å². The third-order valence-electron chi connectivity index (χ3n) is 4.48. The molecular weight excluding hydrogens is 326 g/mol. The number of nitrogens with two attached hydrogens (primary N) is 1. The van der Waals surface area contributed by atoms with Gasteiger partial charge in [0.1, 0.15) is 17.3 Å². The minimum atomic E-state index is 0.146. The molecule has 1 aromatic carbocycles. The van der Waals surface area contributed by atoms with Crippen molar-refractivity contribution in [1.82, 2.24) is 15.0 Å². The molecule has 4 rings (SSSR count). The lowest BCUT2D eigenvalue weighted by Gasteiger charge is -2.16. The normalized spacial score (nSPS) is 16.5. The highest BCUT2D eigenvalue weighted by atomic mass is 15.2. The average molecular weight is 347 g/mol. The van der Waals surface area contributed by atoms with E-state index in [4.69, 9.17) is 11.1 Å². The van der Waals surface area contributed by atoms with Crippen LogP contribution in [-0.4, -0.2) is 20.8 Å². The summed E-state index contributed by atoms with van der Waals surface area (Å²) in [5, 5.41) is 15.3. The number of rotatable bonds is 4. The fourth-order valence-electron chi connectivity index (χ4n) is 3.36. The number of allylic oxidation sites excluding steroid dienone is 1. The van der Waals surface area contributed by atoms with Gasteiger partial charge in [-0.3, -0.25) is 5.41 Å². The Morgan fingerprint density at radius 2 is 2.15 bits per heavy atom. The van der Waals surface area contributed by atoms with Gasteiger partial charge < -0.3 is 21.4 Å². The van der Waals surface area contributed by atoms with Gasteiger partial charge in [-0.2, -0.15) is 9.97 Å². The van der Waals surface area contributed by atoms with E-state index in [2.05, 4.69) is 49.9 Å². The van der Waals surface area contributed by atoms with Crippen LogP contribution in [-0.2, 0) is 6.42 Å². The molecule has 132 valence electrons. The molecule has 2 heterocycles. The van der Waals surface area contributed by atoms with E-state index in [1.165, 1.54) is 17.2 Å². The maximum Gasteiger partial charge on any atom is 0.232 e. The number of aromatic nitrogens is 3. The number of hydrogen-bond donors (Lipinski definition) is 5. The van der Waals surface area contributed by atoms with Gasteiger partial charge in [-0.15, -0.1) is 0 Å². The summed E-state index contributed by atoms with van der Waals surface area (Å²) in [5.74, 6) is 1.26. The molecule has 2 aromatic heterocycles. The van der Waals surface area contributed by atoms with E-state index in [1.807, 2.05) is 12.3 Å². The highest BCUT2D eigenvalue weighted by molar-refractivity contribution is 6.01. The number of aromatic amines is 1. The van der Waals surface area contributed by atoms with Crippen LogP contribution in [0.5, 0.6) is 0 Å². The Kier molecular flexibility index (Phi) is 4.04. The third-order valence-corrected chi connectivity index (χ3v) is 4.48. The lowest BCUT2D eigenvalue weighted by Crippen LogP contribution is -2.14. The van der Waals surface area contributed by atoms with Gasteiger partial charge in [0, 0.05) is 11.9 Å². The Labute approximate surface area is 151 Å². The number of nitrogens with zero attached hydrogens (tertiary/aromatic N) is 2. The first-order valence-electron chi connectivity index (χ1n) is 8.59. The summed E-state index contributed by atoms with van der Waals surface area (Å²) in [6.45, 7) is 1.73. The number of hydrogen-bond acceptors (Lipinski definition) is 5. The largest absolute Gasteiger partial charge is 0.402 e. The van der Waals surface area contributed by atoms with Gasteiger partial charge in [-0.05, 0) is 43.0 Å². The van der Waals surface area contributed by atoms with E-state index >= 15 is 0 Å². The van der Waals surface area contributed by atoms with Crippen LogP contribution in [0, 0.1) is 5.41 Å². The zero-order chi connectivity index (χ0) is 18.1. The fraction of sp³-hybridized carbons (Fsp3) is 0.211. The average Bonchev–Trinajstić information content (AvgIpc) is 3.21. The smallest absolute Gasteiger partial charge is 0.232 e. The van der Waals surface area contributed by atoms with Gasteiger partial charge in [-0.25, -0.2) is 0 Å². The molecule has 0 unspecified atom stereocenters. The van der Waals surface area contributed by atoms with Gasteiger partial charge in [0.25, 0.3) is 0 Å². The molecule has 0 aliphatic heterocycles. The zero-order valence-corrected chi connectivity index (χ0v) is 14.5. The molecule has 0 saturated carbocycles. The molecule has 0 fully saturated rings. The molecule has 0 amide bonds. The van der Waals surface area contributed by atoms with Crippen LogP contribution in [0.4, 0.5) is 11.8 Å². The summed E-state index contributed by atoms with van der Waals surface area (Å²) in [6.07, 6.45) is 5.46. The van der Waals surface area contributed by atoms with E-state index in [9.17, 15) is 0 Å². The van der Waals surface area contributed by atoms with Gasteiger partial charge in [0.05, 0.1) is 11.4 Å². The number of anilines is 2. The first kappa shape index (κ1) is 16.1. The van der Waals surface area contributed by atoms with Crippen molar-refractivity contribution in [3.8, 4) is 0 Å². The van der Waals surface area contributed by atoms with E-state index in [1.54, 1.807) is 6.92 Å². The van der Waals surface area contributed by atoms with Crippen molar-refractivity contribution < 1.29 is 0 Å². The minimum Gasteiger partial charge on any atom is -0.402 e. The molecule has 0 spiro atoms. The minimum absolute atomic E-state index is 0.146. The van der Waals surface area contributed by atoms with Gasteiger partial charge in [0.2, 0.25) is 5.95 Å². The van der Waals surface area contributed by atoms with E-state index in [0.29, 0.717) is 11.6 Å². The molecule has 1 atom stereocenters. The summed E-state index contributed by atoms with van der Waals surface area (Å²) >= 11 is 0. The van der Waals surface area contributed by atoms with Crippen LogP contribution in [0.15, 0.2) is 48.3 Å². The molecule has 26 heavy (non-hydrogen) atoms. The summed E-state index contributed by atoms with van der Waals surface area (Å²) < 4.78 is 0. The predicted octanol–water partition coefficient (Wildman–Crippen LogP) is 3.31. The van der Waals surface area contributed by atoms with Crippen molar-refractivity contribution in [2.75, 3.05) is 10.6 Å². The standard InChI is InChI=1S/C19H21N7/c1-11(20)10-16(21)24-19-25-17-14(8-9-22-17)18(26-19)23-15-7-6-12-4-2-3-5-13(12)15/h2-5,8-10,15H,6-7,20H2,1H3,(H4,21,22,23,24,25,26)/b11-10-/t15-/m0/s1. The lowest BCUT2D eigenvalue weighted by molar-refractivity contribution is 0.758. The quantitative estimate of drug-likeness (QED) is 0.367. The molecule has 6 N–H and O–H groups in total. The van der Waals surface area contributed by atoms with Crippen LogP contribution in [0.25, 0.3) is 11.0 Å². The molecule has 0 radical (unpaired) electrons. The second-order valence-electron chi connectivity index (χ2n) is 6.50. The van der Waals surface area contributed by atoms with Crippen molar-refractivity contribution in [2.24, 2.45) is 5.73 Å². The molecule has 0 saturated heterocycles. The Balaban J connectivity index is 1.65. The summed E-state index contributed by atoms with van der Waals surface area (Å²) in [6, 6.07) is 10.7. The van der Waals surface area contributed by atoms with Crippen LogP contribution in [0.1, 0.15) is 30.5 Å². The highest BCUT2D eigenvalue weighted by Gasteiger charge is 2.23. The van der Waals surface area contributed by atoms with Crippen molar-refractivity contribution in [2.45, 2.75) is 25.8 Å². The monoisotopic (exact) mass is 347 g/mol. The highest BCUT2D eigenvalue weighted by Crippen LogP contribution is 2.34. The van der Waals surface area contributed by atoms with E-state index in [-0.39, 0.29) is 11.9 Å². The van der Waals surface area contributed by atoms with Crippen LogP contribution < -0.4 is 16.4 Å². The topological polar surface area (TPSA) is 116 Å². The van der Waals surface area contributed by atoms with Crippen LogP contribution in [0.3, 0.4) is 0 Å². The van der Waals surface area contributed by atoms with Crippen LogP contribution in [0.2, 0.25) is 0 Å². The summed E-state index contributed by atoms with van der Waals surface area (Å²) in [4.78, 5) is 12.1. The van der Waals surface area contributed by atoms with Crippen molar-refractivity contribution in [3.05, 3.63) is 59.4 Å². The fourth-order valence-corrected chi connectivity index (χ4v) is 3.36. The maximum absolute atomic E-state index is 7.94. The van der Waals surface area contributed by atoms with Gasteiger partial charge in [-0.1, -0.05) is 24.3 Å².